The maximum Gasteiger partial charge on any atom is 0.268 e. The number of fused-ring (bicyclic) bond motifs is 1. The zero-order valence-electron chi connectivity index (χ0n) is 14.6. The molecule has 0 fully saturated rings. The summed E-state index contributed by atoms with van der Waals surface area (Å²) in [5.41, 5.74) is 2.42. The fourth-order valence-corrected chi connectivity index (χ4v) is 3.86. The molecule has 3 rings (SSSR count). The van der Waals surface area contributed by atoms with Crippen LogP contribution in [0.5, 0.6) is 0 Å². The topological polar surface area (TPSA) is 63.6 Å². The molecule has 1 atom stereocenters. The van der Waals surface area contributed by atoms with E-state index in [1.54, 1.807) is 6.07 Å². The Hall–Kier alpha value is -1.50. The third-order valence-corrected chi connectivity index (χ3v) is 5.82. The van der Waals surface area contributed by atoms with Crippen molar-refractivity contribution in [3.63, 3.8) is 0 Å². The van der Waals surface area contributed by atoms with Crippen molar-refractivity contribution < 1.29 is 0 Å². The summed E-state index contributed by atoms with van der Waals surface area (Å²) in [6, 6.07) is 7.32. The van der Waals surface area contributed by atoms with E-state index in [1.807, 2.05) is 24.5 Å². The second-order valence-corrected chi connectivity index (χ2v) is 7.76. The van der Waals surface area contributed by atoms with Gasteiger partial charge in [0.15, 0.2) is 0 Å². The van der Waals surface area contributed by atoms with Crippen molar-refractivity contribution in [3.8, 4) is 0 Å². The van der Waals surface area contributed by atoms with Gasteiger partial charge in [0, 0.05) is 12.6 Å². The molecule has 1 N–H and O–H groups in total. The van der Waals surface area contributed by atoms with E-state index in [9.17, 15) is 4.79 Å². The molecular weight excluding hydrogens is 391 g/mol. The minimum atomic E-state index is -0.127. The van der Waals surface area contributed by atoms with Gasteiger partial charge in [0.05, 0.1) is 15.6 Å². The van der Waals surface area contributed by atoms with Gasteiger partial charge in [-0.2, -0.15) is 10.2 Å². The Kier molecular flexibility index (Phi) is 6.27. The van der Waals surface area contributed by atoms with Crippen molar-refractivity contribution in [1.29, 1.82) is 0 Å². The number of aryl methyl sites for hydroxylation is 1. The van der Waals surface area contributed by atoms with Gasteiger partial charge in [-0.15, -0.1) is 11.8 Å². The van der Waals surface area contributed by atoms with Crippen LogP contribution in [0.1, 0.15) is 37.7 Å². The normalized spacial score (nSPS) is 12.6. The second-order valence-electron chi connectivity index (χ2n) is 6.15. The van der Waals surface area contributed by atoms with Crippen LogP contribution in [-0.4, -0.2) is 26.2 Å². The first-order valence-electron chi connectivity index (χ1n) is 8.48. The fraction of sp³-hybridized carbons (Fsp3) is 0.389. The summed E-state index contributed by atoms with van der Waals surface area (Å²) in [6.07, 6.45) is 4.80. The molecule has 5 nitrogen and oxygen atoms in total. The molecule has 1 unspecified atom stereocenters. The smallest absolute Gasteiger partial charge is 0.268 e. The number of nitrogens with one attached hydrogen (secondary N) is 1. The van der Waals surface area contributed by atoms with Crippen molar-refractivity contribution in [2.24, 2.45) is 0 Å². The van der Waals surface area contributed by atoms with E-state index < -0.39 is 0 Å². The minimum absolute atomic E-state index is 0.127. The molecule has 26 heavy (non-hydrogen) atoms. The number of benzene rings is 1. The van der Waals surface area contributed by atoms with E-state index in [1.165, 1.54) is 16.4 Å². The molecule has 0 aliphatic carbocycles. The maximum atomic E-state index is 12.3. The van der Waals surface area contributed by atoms with E-state index >= 15 is 0 Å². The summed E-state index contributed by atoms with van der Waals surface area (Å²) in [6.45, 7) is 2.69. The Morgan fingerprint density at radius 3 is 2.73 bits per heavy atom. The molecular formula is C18H20Cl2N4OS. The summed E-state index contributed by atoms with van der Waals surface area (Å²) in [7, 11) is 0. The van der Waals surface area contributed by atoms with E-state index in [-0.39, 0.29) is 5.56 Å². The highest BCUT2D eigenvalue weighted by Crippen LogP contribution is 2.31. The van der Waals surface area contributed by atoms with E-state index in [2.05, 4.69) is 22.2 Å². The largest absolute Gasteiger partial charge is 0.275 e. The molecule has 0 saturated carbocycles. The molecule has 1 aromatic carbocycles. The zero-order chi connectivity index (χ0) is 18.7. The van der Waals surface area contributed by atoms with Gasteiger partial charge in [0.2, 0.25) is 0 Å². The van der Waals surface area contributed by atoms with Crippen LogP contribution in [-0.2, 0) is 6.54 Å². The Labute approximate surface area is 166 Å². The number of aromatic nitrogens is 4. The third kappa shape index (κ3) is 4.08. The summed E-state index contributed by atoms with van der Waals surface area (Å²) in [4.78, 5) is 12.3. The first kappa shape index (κ1) is 19.3. The van der Waals surface area contributed by atoms with Gasteiger partial charge in [0.1, 0.15) is 10.5 Å². The number of rotatable bonds is 7. The van der Waals surface area contributed by atoms with Crippen LogP contribution in [0.2, 0.25) is 10.0 Å². The number of halogens is 2. The molecule has 0 radical (unpaired) electrons. The van der Waals surface area contributed by atoms with Gasteiger partial charge in [0.25, 0.3) is 5.56 Å². The monoisotopic (exact) mass is 410 g/mol. The van der Waals surface area contributed by atoms with Crippen LogP contribution in [0.15, 0.2) is 34.1 Å². The van der Waals surface area contributed by atoms with Crippen LogP contribution in [0, 0.1) is 0 Å². The zero-order valence-corrected chi connectivity index (χ0v) is 17.0. The summed E-state index contributed by atoms with van der Waals surface area (Å²) in [5, 5.41) is 13.5. The van der Waals surface area contributed by atoms with Crippen LogP contribution < -0.4 is 5.56 Å². The number of hydrogen-bond donors (Lipinski definition) is 1. The molecule has 2 aromatic heterocycles. The summed E-state index contributed by atoms with van der Waals surface area (Å²) < 4.78 is 1.53. The highest BCUT2D eigenvalue weighted by Gasteiger charge is 2.15. The molecule has 0 spiro atoms. The van der Waals surface area contributed by atoms with Gasteiger partial charge in [-0.3, -0.25) is 9.89 Å². The third-order valence-electron chi connectivity index (χ3n) is 4.41. The Bertz CT molecular complexity index is 969. The highest BCUT2D eigenvalue weighted by atomic mass is 35.5. The van der Waals surface area contributed by atoms with Crippen molar-refractivity contribution >= 4 is 46.0 Å². The summed E-state index contributed by atoms with van der Waals surface area (Å²) >= 11 is 13.7. The number of thioether (sulfide) groups is 1. The van der Waals surface area contributed by atoms with Crippen LogP contribution in [0.3, 0.4) is 0 Å². The lowest BCUT2D eigenvalue weighted by molar-refractivity contribution is 0.478. The van der Waals surface area contributed by atoms with Gasteiger partial charge >= 0.3 is 0 Å². The van der Waals surface area contributed by atoms with Gasteiger partial charge < -0.3 is 0 Å². The maximum absolute atomic E-state index is 12.3. The molecule has 0 bridgehead atoms. The number of aromatic amines is 1. The van der Waals surface area contributed by atoms with Crippen molar-refractivity contribution in [3.05, 3.63) is 50.2 Å². The lowest BCUT2D eigenvalue weighted by atomic mass is 9.91. The van der Waals surface area contributed by atoms with Crippen LogP contribution in [0.4, 0.5) is 0 Å². The minimum Gasteiger partial charge on any atom is -0.275 e. The SMILES string of the molecule is CCCC(CCn1nc2c(SC)n[nH]c2cc1=O)c1ccc(Cl)c(Cl)c1. The average Bonchev–Trinajstić information content (AvgIpc) is 3.02. The quantitative estimate of drug-likeness (QED) is 0.548. The molecule has 2 heterocycles. The van der Waals surface area contributed by atoms with Crippen LogP contribution >= 0.6 is 35.0 Å². The Balaban J connectivity index is 1.84. The predicted molar refractivity (Wildman–Crippen MR) is 109 cm³/mol. The van der Waals surface area contributed by atoms with Crippen LogP contribution in [0.25, 0.3) is 11.0 Å². The van der Waals surface area contributed by atoms with Gasteiger partial charge in [-0.05, 0) is 42.7 Å². The molecule has 0 amide bonds. The Morgan fingerprint density at radius 1 is 1.23 bits per heavy atom. The van der Waals surface area contributed by atoms with E-state index in [0.717, 1.165) is 35.4 Å². The van der Waals surface area contributed by atoms with Gasteiger partial charge in [-0.1, -0.05) is 42.6 Å². The van der Waals surface area contributed by atoms with E-state index in [4.69, 9.17) is 23.2 Å². The fourth-order valence-electron chi connectivity index (χ4n) is 3.07. The number of H-pyrrole nitrogens is 1. The Morgan fingerprint density at radius 2 is 2.04 bits per heavy atom. The van der Waals surface area contributed by atoms with Crippen molar-refractivity contribution in [1.82, 2.24) is 20.0 Å². The van der Waals surface area contributed by atoms with E-state index in [0.29, 0.717) is 28.0 Å². The highest BCUT2D eigenvalue weighted by molar-refractivity contribution is 7.98. The average molecular weight is 411 g/mol. The molecule has 8 heteroatoms. The van der Waals surface area contributed by atoms with Crippen molar-refractivity contribution in [2.45, 2.75) is 43.7 Å². The molecule has 0 aliphatic heterocycles. The molecule has 138 valence electrons. The predicted octanol–water partition coefficient (Wildman–Crippen LogP) is 5.12. The van der Waals surface area contributed by atoms with Gasteiger partial charge in [-0.25, -0.2) is 4.68 Å². The number of hydrogen-bond acceptors (Lipinski definition) is 4. The second kappa shape index (κ2) is 8.46. The first-order valence-corrected chi connectivity index (χ1v) is 10.5. The lowest BCUT2D eigenvalue weighted by Gasteiger charge is -2.17. The molecule has 0 saturated heterocycles. The lowest BCUT2D eigenvalue weighted by Crippen LogP contribution is -2.23. The number of nitrogens with zero attached hydrogens (tertiary/aromatic N) is 3. The standard InChI is InChI=1S/C18H20Cl2N4OS/c1-3-4-11(12-5-6-13(19)14(20)9-12)7-8-24-16(25)10-15-17(23-24)18(26-2)22-21-15/h5-6,9-11,21H,3-4,7-8H2,1-2H3. The van der Waals surface area contributed by atoms with Crippen molar-refractivity contribution in [2.75, 3.05) is 6.26 Å². The molecule has 3 aromatic rings. The summed E-state index contributed by atoms with van der Waals surface area (Å²) in [5.74, 6) is 0.295. The first-order chi connectivity index (χ1) is 12.5. The molecule has 0 aliphatic rings.